The second-order valence-corrected chi connectivity index (χ2v) is 5.65. The molecule has 3 aromatic rings. The molecule has 0 unspecified atom stereocenters. The number of hydrogen-bond acceptors (Lipinski definition) is 5. The molecular weight excluding hydrogens is 330 g/mol. The Hall–Kier alpha value is -3.23. The van der Waals surface area contributed by atoms with Crippen molar-refractivity contribution in [2.24, 2.45) is 4.99 Å². The van der Waals surface area contributed by atoms with Gasteiger partial charge in [-0.2, -0.15) is 5.10 Å². The fourth-order valence-corrected chi connectivity index (χ4v) is 2.55. The number of rotatable bonds is 7. The van der Waals surface area contributed by atoms with E-state index in [1.807, 2.05) is 16.7 Å². The third kappa shape index (κ3) is 4.44. The van der Waals surface area contributed by atoms with Crippen LogP contribution in [0.4, 0.5) is 0 Å². The van der Waals surface area contributed by atoms with E-state index in [2.05, 4.69) is 55.0 Å². The SMILES string of the molecule is CCc1nncn1CCNC(=NC)NCc1ccc(-n2cncn2)cc1. The standard InChI is InChI=1S/C17H23N9/c1-3-16-24-22-13-25(16)9-8-20-17(18-2)21-10-14-4-6-15(7-5-14)26-12-19-11-23-26/h4-7,11-13H,3,8-10H2,1-2H3,(H2,18,20,21). The van der Waals surface area contributed by atoms with Gasteiger partial charge in [-0.25, -0.2) is 9.67 Å². The third-order valence-electron chi connectivity index (χ3n) is 3.96. The highest BCUT2D eigenvalue weighted by Gasteiger charge is 2.03. The van der Waals surface area contributed by atoms with Crippen LogP contribution in [0, 0.1) is 0 Å². The molecule has 0 saturated heterocycles. The number of nitrogens with one attached hydrogen (secondary N) is 2. The van der Waals surface area contributed by atoms with Crippen molar-refractivity contribution in [3.05, 3.63) is 54.6 Å². The van der Waals surface area contributed by atoms with Gasteiger partial charge >= 0.3 is 0 Å². The molecule has 26 heavy (non-hydrogen) atoms. The van der Waals surface area contributed by atoms with Crippen molar-refractivity contribution in [2.75, 3.05) is 13.6 Å². The molecule has 2 heterocycles. The molecule has 0 spiro atoms. The quantitative estimate of drug-likeness (QED) is 0.481. The highest BCUT2D eigenvalue weighted by Crippen LogP contribution is 2.07. The molecule has 0 bridgehead atoms. The number of guanidine groups is 1. The van der Waals surface area contributed by atoms with E-state index in [1.165, 1.54) is 6.33 Å². The maximum Gasteiger partial charge on any atom is 0.191 e. The van der Waals surface area contributed by atoms with Crippen molar-refractivity contribution >= 4 is 5.96 Å². The molecule has 2 N–H and O–H groups in total. The molecule has 9 heteroatoms. The van der Waals surface area contributed by atoms with Gasteiger partial charge in [0.05, 0.1) is 5.69 Å². The summed E-state index contributed by atoms with van der Waals surface area (Å²) in [7, 11) is 1.76. The number of aromatic nitrogens is 6. The Bertz CT molecular complexity index is 818. The first-order valence-corrected chi connectivity index (χ1v) is 8.55. The smallest absolute Gasteiger partial charge is 0.191 e. The summed E-state index contributed by atoms with van der Waals surface area (Å²) in [5, 5.41) is 18.8. The van der Waals surface area contributed by atoms with Gasteiger partial charge in [-0.1, -0.05) is 19.1 Å². The van der Waals surface area contributed by atoms with Crippen LogP contribution in [-0.4, -0.2) is 49.1 Å². The number of aryl methyl sites for hydroxylation is 1. The van der Waals surface area contributed by atoms with Gasteiger partial charge in [-0.15, -0.1) is 10.2 Å². The lowest BCUT2D eigenvalue weighted by Gasteiger charge is -2.13. The van der Waals surface area contributed by atoms with Crippen molar-refractivity contribution in [3.63, 3.8) is 0 Å². The van der Waals surface area contributed by atoms with E-state index >= 15 is 0 Å². The first-order valence-electron chi connectivity index (χ1n) is 8.55. The average Bonchev–Trinajstić information content (AvgIpc) is 3.36. The van der Waals surface area contributed by atoms with Crippen LogP contribution in [0.2, 0.25) is 0 Å². The summed E-state index contributed by atoms with van der Waals surface area (Å²) < 4.78 is 3.77. The van der Waals surface area contributed by atoms with Gasteiger partial charge in [-0.05, 0) is 17.7 Å². The van der Waals surface area contributed by atoms with Crippen molar-refractivity contribution in [2.45, 2.75) is 26.4 Å². The molecule has 3 rings (SSSR count). The Morgan fingerprint density at radius 1 is 1.15 bits per heavy atom. The lowest BCUT2D eigenvalue weighted by molar-refractivity contribution is 0.632. The molecule has 0 fully saturated rings. The van der Waals surface area contributed by atoms with Crippen LogP contribution in [0.1, 0.15) is 18.3 Å². The highest BCUT2D eigenvalue weighted by molar-refractivity contribution is 5.79. The summed E-state index contributed by atoms with van der Waals surface area (Å²) in [5.74, 6) is 1.75. The number of benzene rings is 1. The highest BCUT2D eigenvalue weighted by atomic mass is 15.3. The lowest BCUT2D eigenvalue weighted by Crippen LogP contribution is -2.38. The predicted molar refractivity (Wildman–Crippen MR) is 99.0 cm³/mol. The van der Waals surface area contributed by atoms with Crippen molar-refractivity contribution in [3.8, 4) is 5.69 Å². The van der Waals surface area contributed by atoms with E-state index in [9.17, 15) is 0 Å². The van der Waals surface area contributed by atoms with Crippen LogP contribution in [0.15, 0.2) is 48.2 Å². The van der Waals surface area contributed by atoms with Crippen molar-refractivity contribution in [1.29, 1.82) is 0 Å². The van der Waals surface area contributed by atoms with E-state index in [4.69, 9.17) is 0 Å². The average molecular weight is 353 g/mol. The first-order chi connectivity index (χ1) is 12.8. The lowest BCUT2D eigenvalue weighted by atomic mass is 10.2. The second kappa shape index (κ2) is 8.75. The Labute approximate surface area is 152 Å². The molecule has 2 aromatic heterocycles. The summed E-state index contributed by atoms with van der Waals surface area (Å²) in [5.41, 5.74) is 2.14. The fraction of sp³-hybridized carbons (Fsp3) is 0.353. The van der Waals surface area contributed by atoms with Crippen molar-refractivity contribution in [1.82, 2.24) is 40.2 Å². The molecule has 0 amide bonds. The molecule has 0 aliphatic heterocycles. The van der Waals surface area contributed by atoms with E-state index in [0.29, 0.717) is 6.54 Å². The summed E-state index contributed by atoms with van der Waals surface area (Å²) in [4.78, 5) is 8.21. The molecule has 136 valence electrons. The molecule has 0 atom stereocenters. The monoisotopic (exact) mass is 353 g/mol. The van der Waals surface area contributed by atoms with Crippen LogP contribution in [0.3, 0.4) is 0 Å². The minimum absolute atomic E-state index is 0.685. The van der Waals surface area contributed by atoms with Crippen LogP contribution in [0.5, 0.6) is 0 Å². The zero-order valence-electron chi connectivity index (χ0n) is 15.0. The van der Waals surface area contributed by atoms with E-state index < -0.39 is 0 Å². The minimum Gasteiger partial charge on any atom is -0.355 e. The largest absolute Gasteiger partial charge is 0.355 e. The zero-order chi connectivity index (χ0) is 18.2. The maximum atomic E-state index is 4.25. The Morgan fingerprint density at radius 3 is 2.69 bits per heavy atom. The Balaban J connectivity index is 1.46. The Morgan fingerprint density at radius 2 is 2.00 bits per heavy atom. The van der Waals surface area contributed by atoms with E-state index in [-0.39, 0.29) is 0 Å². The molecule has 9 nitrogen and oxygen atoms in total. The molecule has 0 aliphatic carbocycles. The molecule has 0 radical (unpaired) electrons. The van der Waals surface area contributed by atoms with Crippen LogP contribution >= 0.6 is 0 Å². The summed E-state index contributed by atoms with van der Waals surface area (Å²) in [6.07, 6.45) is 5.83. The Kier molecular flexibility index (Phi) is 5.92. The topological polar surface area (TPSA) is 97.8 Å². The molecule has 0 saturated carbocycles. The first kappa shape index (κ1) is 17.6. The maximum absolute atomic E-state index is 4.25. The summed E-state index contributed by atoms with van der Waals surface area (Å²) in [6.45, 7) is 4.30. The van der Waals surface area contributed by atoms with Gasteiger partial charge in [0.25, 0.3) is 0 Å². The van der Waals surface area contributed by atoms with Gasteiger partial charge < -0.3 is 15.2 Å². The van der Waals surface area contributed by atoms with Gasteiger partial charge in [0.1, 0.15) is 24.8 Å². The third-order valence-corrected chi connectivity index (χ3v) is 3.96. The van der Waals surface area contributed by atoms with Crippen molar-refractivity contribution < 1.29 is 0 Å². The second-order valence-electron chi connectivity index (χ2n) is 5.65. The number of hydrogen-bond donors (Lipinski definition) is 2. The molecular formula is C17H23N9. The van der Waals surface area contributed by atoms with E-state index in [0.717, 1.165) is 42.5 Å². The van der Waals surface area contributed by atoms with Crippen LogP contribution < -0.4 is 10.6 Å². The van der Waals surface area contributed by atoms with E-state index in [1.54, 1.807) is 24.4 Å². The van der Waals surface area contributed by atoms with Gasteiger partial charge in [-0.3, -0.25) is 4.99 Å². The van der Waals surface area contributed by atoms with Crippen LogP contribution in [-0.2, 0) is 19.5 Å². The summed E-state index contributed by atoms with van der Waals surface area (Å²) >= 11 is 0. The zero-order valence-corrected chi connectivity index (χ0v) is 15.0. The molecule has 1 aromatic carbocycles. The van der Waals surface area contributed by atoms with Crippen LogP contribution in [0.25, 0.3) is 5.69 Å². The number of aliphatic imine (C=N–C) groups is 1. The van der Waals surface area contributed by atoms with Gasteiger partial charge in [0.2, 0.25) is 0 Å². The number of nitrogens with zero attached hydrogens (tertiary/aromatic N) is 7. The normalized spacial score (nSPS) is 11.5. The summed E-state index contributed by atoms with van der Waals surface area (Å²) in [6, 6.07) is 8.14. The fourth-order valence-electron chi connectivity index (χ4n) is 2.55. The van der Waals surface area contributed by atoms with Gasteiger partial charge in [0.15, 0.2) is 5.96 Å². The minimum atomic E-state index is 0.685. The predicted octanol–water partition coefficient (Wildman–Crippen LogP) is 0.786. The molecule has 0 aliphatic rings. The van der Waals surface area contributed by atoms with Gasteiger partial charge in [0, 0.05) is 33.1 Å².